The minimum atomic E-state index is -0.846. The summed E-state index contributed by atoms with van der Waals surface area (Å²) < 4.78 is 33.2. The number of rotatable bonds is 6. The number of hydrogen-bond acceptors (Lipinski definition) is 1. The quantitative estimate of drug-likeness (QED) is 0.626. The zero-order chi connectivity index (χ0) is 16.4. The van der Waals surface area contributed by atoms with E-state index >= 15 is 0 Å². The van der Waals surface area contributed by atoms with Gasteiger partial charge in [-0.15, -0.1) is 6.58 Å². The van der Waals surface area contributed by atoms with E-state index in [-0.39, 0.29) is 5.75 Å². The SMILES string of the molecule is C=CC1CCC2C(CCc3ccc(OCC)c(F)c3F)CCC12. The molecule has 126 valence electrons. The zero-order valence-electron chi connectivity index (χ0n) is 13.9. The van der Waals surface area contributed by atoms with Crippen LogP contribution >= 0.6 is 0 Å². The first-order valence-electron chi connectivity index (χ1n) is 8.87. The molecule has 0 heterocycles. The summed E-state index contributed by atoms with van der Waals surface area (Å²) in [5.41, 5.74) is 0.479. The molecular weight excluding hydrogens is 294 g/mol. The Bertz CT molecular complexity index is 569. The summed E-state index contributed by atoms with van der Waals surface area (Å²) in [5.74, 6) is 1.29. The van der Waals surface area contributed by atoms with Crippen LogP contribution in [-0.2, 0) is 6.42 Å². The van der Waals surface area contributed by atoms with Gasteiger partial charge < -0.3 is 4.74 Å². The van der Waals surface area contributed by atoms with E-state index < -0.39 is 11.6 Å². The van der Waals surface area contributed by atoms with Crippen molar-refractivity contribution in [2.24, 2.45) is 23.7 Å². The monoisotopic (exact) mass is 320 g/mol. The first kappa shape index (κ1) is 16.5. The smallest absolute Gasteiger partial charge is 0.200 e. The molecule has 0 aromatic heterocycles. The summed E-state index contributed by atoms with van der Waals surface area (Å²) in [5, 5.41) is 0. The number of benzene rings is 1. The van der Waals surface area contributed by atoms with Crippen molar-refractivity contribution in [3.05, 3.63) is 42.0 Å². The van der Waals surface area contributed by atoms with Crippen LogP contribution in [0.5, 0.6) is 5.75 Å². The molecule has 3 rings (SSSR count). The fraction of sp³-hybridized carbons (Fsp3) is 0.600. The number of hydrogen-bond donors (Lipinski definition) is 0. The topological polar surface area (TPSA) is 9.23 Å². The third kappa shape index (κ3) is 3.15. The third-order valence-corrected chi connectivity index (χ3v) is 5.92. The van der Waals surface area contributed by atoms with E-state index in [1.807, 2.05) is 0 Å². The largest absolute Gasteiger partial charge is 0.491 e. The summed E-state index contributed by atoms with van der Waals surface area (Å²) >= 11 is 0. The van der Waals surface area contributed by atoms with Crippen molar-refractivity contribution in [3.63, 3.8) is 0 Å². The Morgan fingerprint density at radius 2 is 1.91 bits per heavy atom. The van der Waals surface area contributed by atoms with Gasteiger partial charge in [0, 0.05) is 0 Å². The average molecular weight is 320 g/mol. The fourth-order valence-corrected chi connectivity index (χ4v) is 4.79. The lowest BCUT2D eigenvalue weighted by Gasteiger charge is -2.19. The van der Waals surface area contributed by atoms with Gasteiger partial charge in [0.25, 0.3) is 0 Å². The van der Waals surface area contributed by atoms with E-state index in [0.29, 0.717) is 30.4 Å². The molecule has 0 aliphatic heterocycles. The number of halogens is 2. The summed E-state index contributed by atoms with van der Waals surface area (Å²) in [6.07, 6.45) is 8.70. The Morgan fingerprint density at radius 3 is 2.65 bits per heavy atom. The third-order valence-electron chi connectivity index (χ3n) is 5.92. The van der Waals surface area contributed by atoms with Crippen molar-refractivity contribution in [2.75, 3.05) is 6.61 Å². The van der Waals surface area contributed by atoms with Crippen LogP contribution in [0.3, 0.4) is 0 Å². The van der Waals surface area contributed by atoms with E-state index in [4.69, 9.17) is 4.74 Å². The molecule has 23 heavy (non-hydrogen) atoms. The van der Waals surface area contributed by atoms with E-state index in [9.17, 15) is 8.78 Å². The Morgan fingerprint density at radius 1 is 1.13 bits per heavy atom. The molecule has 1 aromatic rings. The van der Waals surface area contributed by atoms with Gasteiger partial charge in [-0.3, -0.25) is 0 Å². The Labute approximate surface area is 137 Å². The van der Waals surface area contributed by atoms with Crippen LogP contribution in [0.1, 0.15) is 44.6 Å². The minimum Gasteiger partial charge on any atom is -0.491 e. The van der Waals surface area contributed by atoms with E-state index in [0.717, 1.165) is 18.3 Å². The number of fused-ring (bicyclic) bond motifs is 1. The van der Waals surface area contributed by atoms with Crippen molar-refractivity contribution in [2.45, 2.75) is 45.4 Å². The Balaban J connectivity index is 1.63. The Hall–Kier alpha value is -1.38. The standard InChI is InChI=1S/C20H26F2O/c1-3-13-7-10-17-14(8-11-16(13)17)5-6-15-9-12-18(23-4-2)20(22)19(15)21/h3,9,12-14,16-17H,1,4-8,10-11H2,2H3. The van der Waals surface area contributed by atoms with Gasteiger partial charge in [-0.25, -0.2) is 4.39 Å². The van der Waals surface area contributed by atoms with E-state index in [2.05, 4.69) is 12.7 Å². The van der Waals surface area contributed by atoms with Gasteiger partial charge in [0.05, 0.1) is 6.61 Å². The molecule has 0 amide bonds. The molecule has 0 spiro atoms. The molecular formula is C20H26F2O. The van der Waals surface area contributed by atoms with E-state index in [1.54, 1.807) is 19.1 Å². The first-order chi connectivity index (χ1) is 11.2. The molecule has 1 nitrogen and oxygen atoms in total. The minimum absolute atomic E-state index is 0.0132. The molecule has 4 unspecified atom stereocenters. The van der Waals surface area contributed by atoms with Crippen LogP contribution < -0.4 is 4.74 Å². The molecule has 2 saturated carbocycles. The molecule has 0 radical (unpaired) electrons. The van der Waals surface area contributed by atoms with Crippen LogP contribution in [0, 0.1) is 35.3 Å². The van der Waals surface area contributed by atoms with E-state index in [1.165, 1.54) is 25.7 Å². The summed E-state index contributed by atoms with van der Waals surface area (Å²) in [4.78, 5) is 0. The maximum atomic E-state index is 14.2. The van der Waals surface area contributed by atoms with Crippen molar-refractivity contribution in [3.8, 4) is 5.75 Å². The van der Waals surface area contributed by atoms with Gasteiger partial charge in [-0.1, -0.05) is 12.1 Å². The van der Waals surface area contributed by atoms with Crippen LogP contribution in [0.25, 0.3) is 0 Å². The lowest BCUT2D eigenvalue weighted by Crippen LogP contribution is -2.13. The fourth-order valence-electron chi connectivity index (χ4n) is 4.79. The maximum Gasteiger partial charge on any atom is 0.200 e. The second-order valence-corrected chi connectivity index (χ2v) is 6.96. The van der Waals surface area contributed by atoms with Crippen molar-refractivity contribution < 1.29 is 13.5 Å². The number of aryl methyl sites for hydroxylation is 1. The molecule has 0 saturated heterocycles. The normalized spacial score (nSPS) is 29.5. The highest BCUT2D eigenvalue weighted by atomic mass is 19.2. The lowest BCUT2D eigenvalue weighted by molar-refractivity contribution is 0.310. The van der Waals surface area contributed by atoms with Crippen molar-refractivity contribution in [1.82, 2.24) is 0 Å². The molecule has 0 bridgehead atoms. The maximum absolute atomic E-state index is 14.2. The highest BCUT2D eigenvalue weighted by molar-refractivity contribution is 5.31. The first-order valence-corrected chi connectivity index (χ1v) is 8.87. The van der Waals surface area contributed by atoms with Crippen molar-refractivity contribution >= 4 is 0 Å². The summed E-state index contributed by atoms with van der Waals surface area (Å²) in [7, 11) is 0. The van der Waals surface area contributed by atoms with Crippen LogP contribution in [0.4, 0.5) is 8.78 Å². The molecule has 3 heteroatoms. The van der Waals surface area contributed by atoms with Crippen molar-refractivity contribution in [1.29, 1.82) is 0 Å². The molecule has 2 aliphatic rings. The highest BCUT2D eigenvalue weighted by Gasteiger charge is 2.43. The van der Waals surface area contributed by atoms with Crippen LogP contribution in [0.2, 0.25) is 0 Å². The second kappa shape index (κ2) is 7.02. The van der Waals surface area contributed by atoms with Gasteiger partial charge in [0.15, 0.2) is 11.6 Å². The predicted molar refractivity (Wildman–Crippen MR) is 88.5 cm³/mol. The number of ether oxygens (including phenoxy) is 1. The second-order valence-electron chi connectivity index (χ2n) is 6.96. The van der Waals surface area contributed by atoms with Crippen LogP contribution in [0.15, 0.2) is 24.8 Å². The van der Waals surface area contributed by atoms with Crippen LogP contribution in [-0.4, -0.2) is 6.61 Å². The molecule has 2 fully saturated rings. The summed E-state index contributed by atoms with van der Waals surface area (Å²) in [6, 6.07) is 3.23. The van der Waals surface area contributed by atoms with Gasteiger partial charge in [0.1, 0.15) is 0 Å². The van der Waals surface area contributed by atoms with Gasteiger partial charge in [-0.2, -0.15) is 4.39 Å². The number of allylic oxidation sites excluding steroid dienone is 1. The Kier molecular flexibility index (Phi) is 5.03. The average Bonchev–Trinajstić information content (AvgIpc) is 3.13. The molecule has 1 aromatic carbocycles. The summed E-state index contributed by atoms with van der Waals surface area (Å²) in [6.45, 7) is 6.07. The van der Waals surface area contributed by atoms with Gasteiger partial charge in [-0.05, 0) is 80.8 Å². The van der Waals surface area contributed by atoms with Gasteiger partial charge in [0.2, 0.25) is 5.82 Å². The highest BCUT2D eigenvalue weighted by Crippen LogP contribution is 2.52. The zero-order valence-corrected chi connectivity index (χ0v) is 13.9. The molecule has 2 aliphatic carbocycles. The lowest BCUT2D eigenvalue weighted by atomic mass is 9.86. The predicted octanol–water partition coefficient (Wildman–Crippen LogP) is 5.53. The molecule has 0 N–H and O–H groups in total. The van der Waals surface area contributed by atoms with Gasteiger partial charge >= 0.3 is 0 Å². The molecule has 4 atom stereocenters.